The highest BCUT2D eigenvalue weighted by molar-refractivity contribution is 7.17. The van der Waals surface area contributed by atoms with Gasteiger partial charge in [-0.05, 0) is 55.8 Å². The lowest BCUT2D eigenvalue weighted by molar-refractivity contribution is -0.132. The second kappa shape index (κ2) is 10.2. The van der Waals surface area contributed by atoms with Crippen molar-refractivity contribution in [2.24, 2.45) is 0 Å². The highest BCUT2D eigenvalue weighted by atomic mass is 32.1. The highest BCUT2D eigenvalue weighted by Gasteiger charge is 2.48. The minimum Gasteiger partial charge on any atom is -0.507 e. The van der Waals surface area contributed by atoms with E-state index in [0.717, 1.165) is 11.3 Å². The summed E-state index contributed by atoms with van der Waals surface area (Å²) in [7, 11) is 2.77. The molecule has 0 bridgehead atoms. The maximum absolute atomic E-state index is 13.3. The van der Waals surface area contributed by atoms with Gasteiger partial charge in [-0.1, -0.05) is 23.5 Å². The lowest BCUT2D eigenvalue weighted by Gasteiger charge is -2.23. The zero-order valence-corrected chi connectivity index (χ0v) is 20.9. The summed E-state index contributed by atoms with van der Waals surface area (Å²) in [5.74, 6) is -1.47. The Morgan fingerprint density at radius 3 is 2.28 bits per heavy atom. The molecule has 10 heteroatoms. The van der Waals surface area contributed by atoms with Crippen LogP contribution < -0.4 is 14.4 Å². The van der Waals surface area contributed by atoms with Gasteiger partial charge in [0.1, 0.15) is 22.1 Å². The van der Waals surface area contributed by atoms with Gasteiger partial charge in [0.15, 0.2) is 5.13 Å². The number of benzene rings is 2. The third kappa shape index (κ3) is 4.42. The molecule has 2 aromatic carbocycles. The Morgan fingerprint density at radius 2 is 1.69 bits per heavy atom. The van der Waals surface area contributed by atoms with E-state index in [9.17, 15) is 19.5 Å². The van der Waals surface area contributed by atoms with Crippen LogP contribution in [-0.2, 0) is 14.3 Å². The number of Topliss-reactive ketones (excluding diaryl/α,β-unsaturated/α-hetero) is 1. The number of carbonyl (C=O) groups is 3. The van der Waals surface area contributed by atoms with Crippen LogP contribution in [0, 0.1) is 6.92 Å². The van der Waals surface area contributed by atoms with Crippen molar-refractivity contribution < 1.29 is 33.7 Å². The Balaban J connectivity index is 1.89. The van der Waals surface area contributed by atoms with Crippen molar-refractivity contribution in [1.82, 2.24) is 4.98 Å². The Bertz CT molecular complexity index is 1340. The molecule has 1 aliphatic heterocycles. The number of ketones is 1. The van der Waals surface area contributed by atoms with Gasteiger partial charge in [-0.3, -0.25) is 14.5 Å². The molecule has 0 spiro atoms. The topological polar surface area (TPSA) is 115 Å². The first-order valence-corrected chi connectivity index (χ1v) is 11.9. The van der Waals surface area contributed by atoms with E-state index < -0.39 is 23.7 Å². The van der Waals surface area contributed by atoms with Crippen LogP contribution in [0.15, 0.2) is 54.1 Å². The quantitative estimate of drug-likeness (QED) is 0.218. The van der Waals surface area contributed by atoms with Crippen molar-refractivity contribution in [3.63, 3.8) is 0 Å². The Labute approximate surface area is 211 Å². The van der Waals surface area contributed by atoms with Crippen molar-refractivity contribution >= 4 is 39.9 Å². The fourth-order valence-corrected chi connectivity index (χ4v) is 4.94. The minimum atomic E-state index is -0.987. The van der Waals surface area contributed by atoms with Crippen molar-refractivity contribution in [1.29, 1.82) is 0 Å². The Morgan fingerprint density at radius 1 is 1.06 bits per heavy atom. The van der Waals surface area contributed by atoms with Crippen LogP contribution in [0.5, 0.6) is 11.5 Å². The third-order valence-electron chi connectivity index (χ3n) is 5.68. The molecule has 2 heterocycles. The average molecular weight is 509 g/mol. The molecular formula is C26H24N2O7S. The maximum atomic E-state index is 13.3. The highest BCUT2D eigenvalue weighted by Crippen LogP contribution is 2.44. The van der Waals surface area contributed by atoms with E-state index in [0.29, 0.717) is 34.9 Å². The number of thiazole rings is 1. The van der Waals surface area contributed by atoms with Crippen molar-refractivity contribution in [3.05, 3.63) is 75.8 Å². The smallest absolute Gasteiger partial charge is 0.350 e. The molecule has 1 N–H and O–H groups in total. The first-order valence-electron chi connectivity index (χ1n) is 11.0. The molecule has 3 aromatic rings. The predicted molar refractivity (Wildman–Crippen MR) is 134 cm³/mol. The number of carbonyl (C=O) groups excluding carboxylic acids is 3. The van der Waals surface area contributed by atoms with E-state index in [1.165, 1.54) is 19.1 Å². The zero-order valence-electron chi connectivity index (χ0n) is 20.1. The number of amides is 1. The molecule has 1 saturated heterocycles. The number of ether oxygens (including phenoxy) is 3. The van der Waals surface area contributed by atoms with Gasteiger partial charge >= 0.3 is 11.9 Å². The molecule has 9 nitrogen and oxygen atoms in total. The number of rotatable bonds is 7. The molecule has 1 amide bonds. The molecule has 0 aliphatic carbocycles. The molecule has 4 rings (SSSR count). The number of aliphatic hydroxyl groups is 1. The third-order valence-corrected chi connectivity index (χ3v) is 6.81. The first-order chi connectivity index (χ1) is 17.3. The average Bonchev–Trinajstić information content (AvgIpc) is 3.40. The largest absolute Gasteiger partial charge is 0.507 e. The lowest BCUT2D eigenvalue weighted by atomic mass is 9.95. The molecule has 1 aromatic heterocycles. The summed E-state index contributed by atoms with van der Waals surface area (Å²) in [6, 6.07) is 12.4. The second-order valence-electron chi connectivity index (χ2n) is 7.80. The molecular weight excluding hydrogens is 484 g/mol. The summed E-state index contributed by atoms with van der Waals surface area (Å²) in [4.78, 5) is 44.6. The van der Waals surface area contributed by atoms with Crippen molar-refractivity contribution in [3.8, 4) is 11.5 Å². The monoisotopic (exact) mass is 508 g/mol. The maximum Gasteiger partial charge on any atom is 0.350 e. The van der Waals surface area contributed by atoms with Gasteiger partial charge in [0.2, 0.25) is 0 Å². The molecule has 1 fully saturated rings. The van der Waals surface area contributed by atoms with Gasteiger partial charge in [0, 0.05) is 5.56 Å². The van der Waals surface area contributed by atoms with E-state index >= 15 is 0 Å². The van der Waals surface area contributed by atoms with Crippen molar-refractivity contribution in [2.45, 2.75) is 19.9 Å². The van der Waals surface area contributed by atoms with Crippen LogP contribution in [0.25, 0.3) is 5.76 Å². The number of esters is 1. The van der Waals surface area contributed by atoms with Gasteiger partial charge < -0.3 is 19.3 Å². The van der Waals surface area contributed by atoms with Crippen LogP contribution in [0.3, 0.4) is 0 Å². The fraction of sp³-hybridized carbons (Fsp3) is 0.231. The molecule has 186 valence electrons. The Kier molecular flexibility index (Phi) is 7.07. The number of hydrogen-bond donors (Lipinski definition) is 1. The summed E-state index contributed by atoms with van der Waals surface area (Å²) >= 11 is 0.941. The van der Waals surface area contributed by atoms with Gasteiger partial charge in [-0.25, -0.2) is 9.78 Å². The number of nitrogens with zero attached hydrogens (tertiary/aromatic N) is 2. The first kappa shape index (κ1) is 24.9. The molecule has 0 unspecified atom stereocenters. The van der Waals surface area contributed by atoms with Gasteiger partial charge in [0.05, 0.1) is 38.1 Å². The number of methoxy groups -OCH3 is 2. The predicted octanol–water partition coefficient (Wildman–Crippen LogP) is 4.27. The van der Waals surface area contributed by atoms with Crippen LogP contribution in [0.1, 0.15) is 39.5 Å². The molecule has 0 radical (unpaired) electrons. The molecule has 36 heavy (non-hydrogen) atoms. The summed E-state index contributed by atoms with van der Waals surface area (Å²) < 4.78 is 15.5. The summed E-state index contributed by atoms with van der Waals surface area (Å²) in [5.41, 5.74) is 1.17. The Hall–Kier alpha value is -4.18. The number of aliphatic hydroxyl groups excluding tert-OH is 1. The van der Waals surface area contributed by atoms with Crippen LogP contribution in [0.2, 0.25) is 0 Å². The standard InChI is InChI=1S/C26H24N2O7S/c1-5-35-18-12-6-15(7-13-18)20-19(21(29)16-8-10-17(33-3)11-9-16)22(30)24(31)28(20)26-27-14(2)23(36-26)25(32)34-4/h6-13,20,29H,5H2,1-4H3/t20-/m0/s1. The van der Waals surface area contributed by atoms with Gasteiger partial charge in [-0.15, -0.1) is 0 Å². The molecule has 0 saturated carbocycles. The van der Waals surface area contributed by atoms with E-state index in [-0.39, 0.29) is 21.3 Å². The number of aryl methyl sites for hydroxylation is 1. The van der Waals surface area contributed by atoms with Gasteiger partial charge in [0.25, 0.3) is 5.78 Å². The van der Waals surface area contributed by atoms with Crippen LogP contribution in [0.4, 0.5) is 5.13 Å². The normalized spacial score (nSPS) is 16.8. The fourth-order valence-electron chi connectivity index (χ4n) is 3.93. The summed E-state index contributed by atoms with van der Waals surface area (Å²) in [5, 5.41) is 11.4. The van der Waals surface area contributed by atoms with Gasteiger partial charge in [-0.2, -0.15) is 0 Å². The SMILES string of the molecule is CCOc1ccc([C@H]2C(=C(O)c3ccc(OC)cc3)C(=O)C(=O)N2c2nc(C)c(C(=O)OC)s2)cc1. The molecule has 1 aliphatic rings. The lowest BCUT2D eigenvalue weighted by Crippen LogP contribution is -2.29. The van der Waals surface area contributed by atoms with E-state index in [1.54, 1.807) is 55.5 Å². The minimum absolute atomic E-state index is 0.0956. The zero-order chi connectivity index (χ0) is 26.0. The van der Waals surface area contributed by atoms with E-state index in [1.807, 2.05) is 6.92 Å². The summed E-state index contributed by atoms with van der Waals surface area (Å²) in [6.45, 7) is 3.96. The number of anilines is 1. The second-order valence-corrected chi connectivity index (χ2v) is 8.78. The summed E-state index contributed by atoms with van der Waals surface area (Å²) in [6.07, 6.45) is 0. The number of hydrogen-bond acceptors (Lipinski definition) is 9. The van der Waals surface area contributed by atoms with E-state index in [4.69, 9.17) is 14.2 Å². The number of aromatic nitrogens is 1. The van der Waals surface area contributed by atoms with Crippen LogP contribution >= 0.6 is 11.3 Å². The molecule has 1 atom stereocenters. The van der Waals surface area contributed by atoms with E-state index in [2.05, 4.69) is 4.98 Å². The van der Waals surface area contributed by atoms with Crippen molar-refractivity contribution in [2.75, 3.05) is 25.7 Å². The van der Waals surface area contributed by atoms with Crippen LogP contribution in [-0.4, -0.2) is 48.6 Å².